The second-order valence-corrected chi connectivity index (χ2v) is 5.03. The predicted octanol–water partition coefficient (Wildman–Crippen LogP) is 2.77. The minimum absolute atomic E-state index is 0.606. The summed E-state index contributed by atoms with van der Waals surface area (Å²) in [5.41, 5.74) is 1.60. The van der Waals surface area contributed by atoms with Gasteiger partial charge in [0.05, 0.1) is 5.41 Å². The van der Waals surface area contributed by atoms with E-state index in [1.54, 1.807) is 7.11 Å². The van der Waals surface area contributed by atoms with Gasteiger partial charge < -0.3 is 9.84 Å². The third-order valence-corrected chi connectivity index (χ3v) is 3.94. The van der Waals surface area contributed by atoms with Crippen LogP contribution in [0.5, 0.6) is 0 Å². The number of carbonyl (C=O) groups is 1. The lowest BCUT2D eigenvalue weighted by Gasteiger charge is -2.38. The number of carboxylic acids is 1. The molecule has 1 saturated carbocycles. The van der Waals surface area contributed by atoms with Crippen molar-refractivity contribution in [2.75, 3.05) is 13.7 Å². The maximum absolute atomic E-state index is 11.4. The van der Waals surface area contributed by atoms with E-state index in [-0.39, 0.29) is 0 Å². The Kier molecular flexibility index (Phi) is 4.02. The maximum atomic E-state index is 11.4. The maximum Gasteiger partial charge on any atom is 0.314 e. The summed E-state index contributed by atoms with van der Waals surface area (Å²) in [6, 6.07) is 8.06. The second-order valence-electron chi connectivity index (χ2n) is 5.03. The Bertz CT molecular complexity index is 404. The quantitative estimate of drug-likeness (QED) is 0.787. The van der Waals surface area contributed by atoms with E-state index in [2.05, 4.69) is 0 Å². The highest BCUT2D eigenvalue weighted by atomic mass is 16.5. The van der Waals surface area contributed by atoms with Gasteiger partial charge >= 0.3 is 5.97 Å². The molecule has 0 unspecified atom stereocenters. The summed E-state index contributed by atoms with van der Waals surface area (Å²) in [7, 11) is 1.70. The Balaban J connectivity index is 2.05. The molecule has 0 amide bonds. The van der Waals surface area contributed by atoms with Gasteiger partial charge in [0.1, 0.15) is 0 Å². The fourth-order valence-electron chi connectivity index (χ4n) is 2.57. The number of carboxylic acid groups (broad SMARTS) is 1. The zero-order valence-corrected chi connectivity index (χ0v) is 10.8. The molecule has 1 N–H and O–H groups in total. The topological polar surface area (TPSA) is 46.5 Å². The van der Waals surface area contributed by atoms with E-state index >= 15 is 0 Å². The summed E-state index contributed by atoms with van der Waals surface area (Å²) < 4.78 is 5.02. The van der Waals surface area contributed by atoms with Gasteiger partial charge in [-0.05, 0) is 36.8 Å². The lowest BCUT2D eigenvalue weighted by molar-refractivity contribution is -0.147. The van der Waals surface area contributed by atoms with Crippen LogP contribution in [0.3, 0.4) is 0 Å². The Morgan fingerprint density at radius 2 is 2.00 bits per heavy atom. The second kappa shape index (κ2) is 5.53. The van der Waals surface area contributed by atoms with Gasteiger partial charge in [-0.25, -0.2) is 0 Å². The average molecular weight is 248 g/mol. The van der Waals surface area contributed by atoms with Crippen molar-refractivity contribution in [1.29, 1.82) is 0 Å². The highest BCUT2D eigenvalue weighted by Gasteiger charge is 2.45. The number of aliphatic carboxylic acids is 1. The van der Waals surface area contributed by atoms with Gasteiger partial charge in [-0.1, -0.05) is 30.7 Å². The van der Waals surface area contributed by atoms with Gasteiger partial charge in [0.15, 0.2) is 0 Å². The van der Waals surface area contributed by atoms with Gasteiger partial charge in [-0.15, -0.1) is 0 Å². The van der Waals surface area contributed by atoms with Gasteiger partial charge in [-0.3, -0.25) is 4.79 Å². The smallest absolute Gasteiger partial charge is 0.314 e. The molecule has 0 radical (unpaired) electrons. The first-order valence-electron chi connectivity index (χ1n) is 6.51. The predicted molar refractivity (Wildman–Crippen MR) is 69.8 cm³/mol. The molecular formula is C15H20O3. The first-order chi connectivity index (χ1) is 8.69. The molecular weight excluding hydrogens is 228 g/mol. The molecule has 2 rings (SSSR count). The molecule has 0 bridgehead atoms. The highest BCUT2D eigenvalue weighted by Crippen LogP contribution is 2.43. The van der Waals surface area contributed by atoms with E-state index in [4.69, 9.17) is 4.74 Å². The Morgan fingerprint density at radius 3 is 2.44 bits per heavy atom. The van der Waals surface area contributed by atoms with Gasteiger partial charge in [0, 0.05) is 13.7 Å². The number of hydrogen-bond donors (Lipinski definition) is 1. The van der Waals surface area contributed by atoms with E-state index in [9.17, 15) is 9.90 Å². The van der Waals surface area contributed by atoms with Crippen molar-refractivity contribution in [2.45, 2.75) is 37.5 Å². The van der Waals surface area contributed by atoms with Crippen LogP contribution in [0.1, 0.15) is 36.8 Å². The van der Waals surface area contributed by atoms with Crippen molar-refractivity contribution in [3.63, 3.8) is 0 Å². The van der Waals surface area contributed by atoms with E-state index in [0.717, 1.165) is 44.3 Å². The molecule has 18 heavy (non-hydrogen) atoms. The summed E-state index contributed by atoms with van der Waals surface area (Å²) in [4.78, 5) is 11.4. The molecule has 0 aliphatic heterocycles. The number of aryl methyl sites for hydroxylation is 1. The zero-order chi connectivity index (χ0) is 13.0. The van der Waals surface area contributed by atoms with Crippen molar-refractivity contribution in [3.05, 3.63) is 35.4 Å². The van der Waals surface area contributed by atoms with E-state index in [1.807, 2.05) is 24.3 Å². The Labute approximate surface area is 108 Å². The van der Waals surface area contributed by atoms with Crippen LogP contribution >= 0.6 is 0 Å². The van der Waals surface area contributed by atoms with Gasteiger partial charge in [0.25, 0.3) is 0 Å². The fraction of sp³-hybridized carbons (Fsp3) is 0.533. The molecule has 1 aromatic carbocycles. The molecule has 0 atom stereocenters. The normalized spacial score (nSPS) is 17.2. The fourth-order valence-corrected chi connectivity index (χ4v) is 2.57. The number of rotatable bonds is 6. The van der Waals surface area contributed by atoms with Crippen LogP contribution in [0.2, 0.25) is 0 Å². The zero-order valence-electron chi connectivity index (χ0n) is 10.8. The lowest BCUT2D eigenvalue weighted by Crippen LogP contribution is -2.42. The molecule has 1 fully saturated rings. The van der Waals surface area contributed by atoms with Crippen molar-refractivity contribution in [2.24, 2.45) is 0 Å². The number of hydrogen-bond acceptors (Lipinski definition) is 2. The van der Waals surface area contributed by atoms with Crippen molar-refractivity contribution < 1.29 is 14.6 Å². The average Bonchev–Trinajstić information content (AvgIpc) is 2.29. The Hall–Kier alpha value is -1.35. The monoisotopic (exact) mass is 248 g/mol. The molecule has 1 aliphatic carbocycles. The lowest BCUT2D eigenvalue weighted by atomic mass is 9.64. The summed E-state index contributed by atoms with van der Waals surface area (Å²) in [5.74, 6) is -0.680. The van der Waals surface area contributed by atoms with Crippen LogP contribution in [0.4, 0.5) is 0 Å². The standard InChI is InChI=1S/C15H20O3/c1-18-11-2-4-12-5-7-13(8-6-12)15(14(16)17)9-3-10-15/h5-8H,2-4,9-11H2,1H3,(H,16,17). The van der Waals surface area contributed by atoms with E-state index < -0.39 is 11.4 Å². The van der Waals surface area contributed by atoms with Crippen molar-refractivity contribution in [1.82, 2.24) is 0 Å². The first-order valence-corrected chi connectivity index (χ1v) is 6.51. The minimum Gasteiger partial charge on any atom is -0.481 e. The number of ether oxygens (including phenoxy) is 1. The Morgan fingerprint density at radius 1 is 1.33 bits per heavy atom. The molecule has 1 aromatic rings. The molecule has 0 heterocycles. The third kappa shape index (κ3) is 2.41. The first kappa shape index (κ1) is 13.1. The van der Waals surface area contributed by atoms with E-state index in [1.165, 1.54) is 5.56 Å². The summed E-state index contributed by atoms with van der Waals surface area (Å²) in [5, 5.41) is 9.36. The highest BCUT2D eigenvalue weighted by molar-refractivity contribution is 5.82. The molecule has 3 nitrogen and oxygen atoms in total. The SMILES string of the molecule is COCCCc1ccc(C2(C(=O)O)CCC2)cc1. The van der Waals surface area contributed by atoms with Crippen LogP contribution in [-0.2, 0) is 21.4 Å². The molecule has 0 saturated heterocycles. The van der Waals surface area contributed by atoms with E-state index in [0.29, 0.717) is 0 Å². The summed E-state index contributed by atoms with van der Waals surface area (Å²) in [6.07, 6.45) is 4.53. The third-order valence-electron chi connectivity index (χ3n) is 3.94. The minimum atomic E-state index is -0.680. The van der Waals surface area contributed by atoms with Crippen LogP contribution in [0.25, 0.3) is 0 Å². The molecule has 98 valence electrons. The number of methoxy groups -OCH3 is 1. The van der Waals surface area contributed by atoms with Gasteiger partial charge in [-0.2, -0.15) is 0 Å². The summed E-state index contributed by atoms with van der Waals surface area (Å²) in [6.45, 7) is 0.765. The van der Waals surface area contributed by atoms with Crippen LogP contribution < -0.4 is 0 Å². The molecule has 0 aromatic heterocycles. The van der Waals surface area contributed by atoms with Crippen LogP contribution in [-0.4, -0.2) is 24.8 Å². The van der Waals surface area contributed by atoms with Crippen LogP contribution in [0, 0.1) is 0 Å². The van der Waals surface area contributed by atoms with Crippen molar-refractivity contribution >= 4 is 5.97 Å². The summed E-state index contributed by atoms with van der Waals surface area (Å²) >= 11 is 0. The number of benzene rings is 1. The van der Waals surface area contributed by atoms with Crippen molar-refractivity contribution in [3.8, 4) is 0 Å². The molecule has 0 spiro atoms. The molecule has 3 heteroatoms. The molecule has 1 aliphatic rings. The van der Waals surface area contributed by atoms with Crippen LogP contribution in [0.15, 0.2) is 24.3 Å². The van der Waals surface area contributed by atoms with Gasteiger partial charge in [0.2, 0.25) is 0 Å². The largest absolute Gasteiger partial charge is 0.481 e.